The van der Waals surface area contributed by atoms with Crippen LogP contribution in [0.25, 0.3) is 11.1 Å². The molecule has 1 atom stereocenters. The van der Waals surface area contributed by atoms with E-state index >= 15 is 0 Å². The molecule has 1 heterocycles. The number of ether oxygens (including phenoxy) is 3. The van der Waals surface area contributed by atoms with E-state index in [1.807, 2.05) is 6.07 Å². The lowest BCUT2D eigenvalue weighted by Gasteiger charge is -2.32. The van der Waals surface area contributed by atoms with E-state index in [0.717, 1.165) is 38.2 Å². The van der Waals surface area contributed by atoms with Crippen molar-refractivity contribution >= 4 is 0 Å². The van der Waals surface area contributed by atoms with Crippen molar-refractivity contribution < 1.29 is 14.2 Å². The minimum Gasteiger partial charge on any atom is -0.493 e. The lowest BCUT2D eigenvalue weighted by atomic mass is 9.94. The first-order valence-corrected chi connectivity index (χ1v) is 11.1. The molecule has 32 heavy (non-hydrogen) atoms. The fourth-order valence-corrected chi connectivity index (χ4v) is 4.49. The lowest BCUT2D eigenvalue weighted by Crippen LogP contribution is -2.33. The van der Waals surface area contributed by atoms with Gasteiger partial charge in [0.2, 0.25) is 5.75 Å². The Balaban J connectivity index is 1.77. The molecule has 0 spiro atoms. The molecule has 5 heteroatoms. The van der Waals surface area contributed by atoms with Crippen LogP contribution in [0.5, 0.6) is 17.2 Å². The highest BCUT2D eigenvalue weighted by Gasteiger charge is 2.26. The third-order valence-electron chi connectivity index (χ3n) is 6.08. The van der Waals surface area contributed by atoms with Gasteiger partial charge in [-0.05, 0) is 47.4 Å². The predicted octanol–water partition coefficient (Wildman–Crippen LogP) is 4.76. The van der Waals surface area contributed by atoms with E-state index in [2.05, 4.69) is 70.9 Å². The number of nitrogens with zero attached hydrogens (tertiary/aromatic N) is 1. The van der Waals surface area contributed by atoms with Crippen LogP contribution >= 0.6 is 0 Å². The molecule has 1 saturated heterocycles. The maximum atomic E-state index is 5.66. The molecule has 5 nitrogen and oxygen atoms in total. The van der Waals surface area contributed by atoms with Crippen LogP contribution in [0.3, 0.4) is 0 Å². The monoisotopic (exact) mass is 432 g/mol. The van der Waals surface area contributed by atoms with Crippen molar-refractivity contribution in [1.29, 1.82) is 0 Å². The number of hydrogen-bond donors (Lipinski definition) is 1. The fraction of sp³-hybridized carbons (Fsp3) is 0.333. The van der Waals surface area contributed by atoms with E-state index in [1.165, 1.54) is 16.7 Å². The standard InChI is InChI=1S/C27H32N2O3/c1-30-24-18-23(19-25(31-2)27(24)32-3)26(29-16-7-14-28-15-17-29)22-12-10-21(11-13-22)20-8-5-4-6-9-20/h4-6,8-13,18-19,26,28H,7,14-17H2,1-3H3. The normalized spacial score (nSPS) is 15.6. The van der Waals surface area contributed by atoms with Crippen LogP contribution in [0.4, 0.5) is 0 Å². The number of benzene rings is 3. The minimum absolute atomic E-state index is 0.0911. The van der Waals surface area contributed by atoms with Crippen molar-refractivity contribution in [3.8, 4) is 28.4 Å². The van der Waals surface area contributed by atoms with Crippen LogP contribution < -0.4 is 19.5 Å². The van der Waals surface area contributed by atoms with Gasteiger partial charge in [0.1, 0.15) is 0 Å². The first-order valence-electron chi connectivity index (χ1n) is 11.1. The number of rotatable bonds is 7. The molecule has 0 bridgehead atoms. The van der Waals surface area contributed by atoms with Gasteiger partial charge in [0.25, 0.3) is 0 Å². The molecule has 0 aliphatic carbocycles. The minimum atomic E-state index is 0.0911. The molecule has 4 rings (SSSR count). The largest absolute Gasteiger partial charge is 0.493 e. The van der Waals surface area contributed by atoms with Crippen molar-refractivity contribution in [1.82, 2.24) is 10.2 Å². The lowest BCUT2D eigenvalue weighted by molar-refractivity contribution is 0.239. The Labute approximate surface area is 190 Å². The summed E-state index contributed by atoms with van der Waals surface area (Å²) in [5.74, 6) is 1.98. The summed E-state index contributed by atoms with van der Waals surface area (Å²) in [6.45, 7) is 4.02. The molecule has 0 amide bonds. The molecule has 1 unspecified atom stereocenters. The second-order valence-corrected chi connectivity index (χ2v) is 7.99. The number of nitrogens with one attached hydrogen (secondary N) is 1. The average Bonchev–Trinajstić information content (AvgIpc) is 3.14. The van der Waals surface area contributed by atoms with Gasteiger partial charge in [0.15, 0.2) is 11.5 Å². The highest BCUT2D eigenvalue weighted by Crippen LogP contribution is 2.42. The zero-order chi connectivity index (χ0) is 22.3. The van der Waals surface area contributed by atoms with Gasteiger partial charge in [0.05, 0.1) is 27.4 Å². The van der Waals surface area contributed by atoms with Gasteiger partial charge in [-0.3, -0.25) is 4.90 Å². The van der Waals surface area contributed by atoms with Gasteiger partial charge in [-0.15, -0.1) is 0 Å². The second kappa shape index (κ2) is 10.5. The third kappa shape index (κ3) is 4.74. The van der Waals surface area contributed by atoms with E-state index < -0.39 is 0 Å². The zero-order valence-corrected chi connectivity index (χ0v) is 19.1. The molecule has 168 valence electrons. The Morgan fingerprint density at radius 3 is 2.00 bits per heavy atom. The Hall–Kier alpha value is -3.02. The third-order valence-corrected chi connectivity index (χ3v) is 6.08. The maximum absolute atomic E-state index is 5.66. The quantitative estimate of drug-likeness (QED) is 0.583. The summed E-state index contributed by atoms with van der Waals surface area (Å²) in [7, 11) is 4.97. The summed E-state index contributed by atoms with van der Waals surface area (Å²) >= 11 is 0. The van der Waals surface area contributed by atoms with E-state index in [4.69, 9.17) is 14.2 Å². The van der Waals surface area contributed by atoms with Gasteiger partial charge in [-0.1, -0.05) is 54.6 Å². The number of hydrogen-bond acceptors (Lipinski definition) is 5. The zero-order valence-electron chi connectivity index (χ0n) is 19.1. The topological polar surface area (TPSA) is 43.0 Å². The summed E-state index contributed by atoms with van der Waals surface area (Å²) in [6, 6.07) is 23.7. The summed E-state index contributed by atoms with van der Waals surface area (Å²) in [5, 5.41) is 3.52. The summed E-state index contributed by atoms with van der Waals surface area (Å²) in [5.41, 5.74) is 4.83. The van der Waals surface area contributed by atoms with Crippen molar-refractivity contribution in [2.24, 2.45) is 0 Å². The average molecular weight is 433 g/mol. The van der Waals surface area contributed by atoms with Crippen LogP contribution in [-0.4, -0.2) is 52.4 Å². The predicted molar refractivity (Wildman–Crippen MR) is 129 cm³/mol. The number of methoxy groups -OCH3 is 3. The van der Waals surface area contributed by atoms with Crippen LogP contribution in [0.2, 0.25) is 0 Å². The molecule has 1 aliphatic rings. The first-order chi connectivity index (χ1) is 15.7. The molecular weight excluding hydrogens is 400 g/mol. The van der Waals surface area contributed by atoms with E-state index in [9.17, 15) is 0 Å². The Morgan fingerprint density at radius 1 is 0.719 bits per heavy atom. The second-order valence-electron chi connectivity index (χ2n) is 7.99. The summed E-state index contributed by atoms with van der Waals surface area (Å²) < 4.78 is 16.9. The fourth-order valence-electron chi connectivity index (χ4n) is 4.49. The Bertz CT molecular complexity index is 972. The molecule has 0 saturated carbocycles. The van der Waals surface area contributed by atoms with Gasteiger partial charge in [-0.25, -0.2) is 0 Å². The van der Waals surface area contributed by atoms with E-state index in [0.29, 0.717) is 17.2 Å². The van der Waals surface area contributed by atoms with Crippen molar-refractivity contribution in [2.75, 3.05) is 47.5 Å². The molecule has 3 aromatic rings. The van der Waals surface area contributed by atoms with Crippen LogP contribution in [0.15, 0.2) is 66.7 Å². The SMILES string of the molecule is COc1cc(C(c2ccc(-c3ccccc3)cc2)N2CCCNCC2)cc(OC)c1OC. The first kappa shape index (κ1) is 22.2. The smallest absolute Gasteiger partial charge is 0.203 e. The molecular formula is C27H32N2O3. The van der Waals surface area contributed by atoms with Gasteiger partial charge < -0.3 is 19.5 Å². The molecule has 0 aromatic heterocycles. The highest BCUT2D eigenvalue weighted by molar-refractivity contribution is 5.64. The maximum Gasteiger partial charge on any atom is 0.203 e. The van der Waals surface area contributed by atoms with E-state index in [1.54, 1.807) is 21.3 Å². The Kier molecular flexibility index (Phi) is 7.30. The summed E-state index contributed by atoms with van der Waals surface area (Å²) in [6.07, 6.45) is 1.11. The van der Waals surface area contributed by atoms with Gasteiger partial charge in [-0.2, -0.15) is 0 Å². The molecule has 1 N–H and O–H groups in total. The van der Waals surface area contributed by atoms with Crippen LogP contribution in [0, 0.1) is 0 Å². The van der Waals surface area contributed by atoms with Crippen LogP contribution in [0.1, 0.15) is 23.6 Å². The van der Waals surface area contributed by atoms with E-state index in [-0.39, 0.29) is 6.04 Å². The molecule has 1 fully saturated rings. The van der Waals surface area contributed by atoms with Crippen molar-refractivity contribution in [2.45, 2.75) is 12.5 Å². The Morgan fingerprint density at radius 2 is 1.38 bits per heavy atom. The van der Waals surface area contributed by atoms with Crippen molar-refractivity contribution in [3.05, 3.63) is 77.9 Å². The summed E-state index contributed by atoms with van der Waals surface area (Å²) in [4.78, 5) is 2.54. The molecule has 0 radical (unpaired) electrons. The van der Waals surface area contributed by atoms with Gasteiger partial charge >= 0.3 is 0 Å². The van der Waals surface area contributed by atoms with Crippen LogP contribution in [-0.2, 0) is 0 Å². The highest BCUT2D eigenvalue weighted by atomic mass is 16.5. The van der Waals surface area contributed by atoms with Gasteiger partial charge in [0, 0.05) is 19.6 Å². The van der Waals surface area contributed by atoms with Crippen molar-refractivity contribution in [3.63, 3.8) is 0 Å². The molecule has 1 aliphatic heterocycles. The molecule has 3 aromatic carbocycles.